The number of likely N-dealkylation sites (N-methyl/N-ethyl adjacent to an activating group) is 1. The van der Waals surface area contributed by atoms with Crippen LogP contribution in [0.3, 0.4) is 0 Å². The van der Waals surface area contributed by atoms with Crippen LogP contribution in [0.25, 0.3) is 0 Å². The highest BCUT2D eigenvalue weighted by Gasteiger charge is 2.39. The van der Waals surface area contributed by atoms with Crippen LogP contribution in [0, 0.1) is 17.8 Å². The predicted molar refractivity (Wildman–Crippen MR) is 86.4 cm³/mol. The number of nitrogens with zero attached hydrogens (tertiary/aromatic N) is 1. The number of hydrogen-bond donors (Lipinski definition) is 1. The molecule has 2 saturated carbocycles. The lowest BCUT2D eigenvalue weighted by atomic mass is 9.88. The van der Waals surface area contributed by atoms with Gasteiger partial charge in [0.05, 0.1) is 10.7 Å². The molecule has 0 aromatic heterocycles. The molecule has 110 valence electrons. The monoisotopic (exact) mass is 292 g/mol. The number of benzene rings is 1. The van der Waals surface area contributed by atoms with Crippen molar-refractivity contribution in [2.24, 2.45) is 17.8 Å². The van der Waals surface area contributed by atoms with Crippen LogP contribution in [0.1, 0.15) is 25.7 Å². The number of para-hydroxylation sites is 1. The summed E-state index contributed by atoms with van der Waals surface area (Å²) in [6, 6.07) is 7.96. The maximum atomic E-state index is 6.14. The molecule has 3 unspecified atom stereocenters. The van der Waals surface area contributed by atoms with E-state index in [0.717, 1.165) is 41.6 Å². The molecule has 0 heterocycles. The Bertz CT molecular complexity index is 448. The lowest BCUT2D eigenvalue weighted by Gasteiger charge is -2.27. The first-order valence-corrected chi connectivity index (χ1v) is 8.27. The molecular weight excluding hydrogens is 268 g/mol. The van der Waals surface area contributed by atoms with Crippen molar-refractivity contribution in [3.05, 3.63) is 29.3 Å². The van der Waals surface area contributed by atoms with Crippen molar-refractivity contribution < 1.29 is 0 Å². The van der Waals surface area contributed by atoms with Gasteiger partial charge in [-0.1, -0.05) is 30.2 Å². The van der Waals surface area contributed by atoms with E-state index in [1.54, 1.807) is 0 Å². The van der Waals surface area contributed by atoms with Gasteiger partial charge in [-0.15, -0.1) is 0 Å². The molecule has 0 saturated heterocycles. The van der Waals surface area contributed by atoms with Crippen LogP contribution in [0.2, 0.25) is 5.02 Å². The highest BCUT2D eigenvalue weighted by atomic mass is 35.5. The lowest BCUT2D eigenvalue weighted by molar-refractivity contribution is 0.225. The maximum Gasteiger partial charge on any atom is 0.0637 e. The average Bonchev–Trinajstić information content (AvgIpc) is 3.03. The summed E-state index contributed by atoms with van der Waals surface area (Å²) in [6.45, 7) is 3.31. The van der Waals surface area contributed by atoms with Crippen LogP contribution in [0.5, 0.6) is 0 Å². The third-order valence-corrected chi connectivity index (χ3v) is 5.44. The quantitative estimate of drug-likeness (QED) is 0.848. The zero-order valence-electron chi connectivity index (χ0n) is 12.3. The van der Waals surface area contributed by atoms with E-state index in [4.69, 9.17) is 11.6 Å². The van der Waals surface area contributed by atoms with Crippen molar-refractivity contribution in [2.45, 2.75) is 25.7 Å². The number of nitrogens with one attached hydrogen (secondary N) is 1. The molecule has 2 aliphatic carbocycles. The molecule has 1 aromatic carbocycles. The van der Waals surface area contributed by atoms with E-state index in [2.05, 4.69) is 17.3 Å². The Hall–Kier alpha value is -0.730. The normalized spacial score (nSPS) is 28.2. The molecule has 0 radical (unpaired) electrons. The van der Waals surface area contributed by atoms with Gasteiger partial charge in [-0.05, 0) is 56.2 Å². The van der Waals surface area contributed by atoms with Crippen LogP contribution in [-0.2, 0) is 0 Å². The van der Waals surface area contributed by atoms with Gasteiger partial charge in [0.2, 0.25) is 0 Å². The summed E-state index contributed by atoms with van der Waals surface area (Å²) in [7, 11) is 2.25. The summed E-state index contributed by atoms with van der Waals surface area (Å²) >= 11 is 6.14. The van der Waals surface area contributed by atoms with Gasteiger partial charge in [-0.2, -0.15) is 0 Å². The third-order valence-electron chi connectivity index (χ3n) is 5.11. The van der Waals surface area contributed by atoms with Crippen molar-refractivity contribution >= 4 is 17.3 Å². The van der Waals surface area contributed by atoms with E-state index in [1.807, 2.05) is 24.3 Å². The van der Waals surface area contributed by atoms with E-state index in [9.17, 15) is 0 Å². The second-order valence-electron chi connectivity index (χ2n) is 6.60. The Morgan fingerprint density at radius 3 is 2.80 bits per heavy atom. The molecule has 2 aliphatic rings. The minimum absolute atomic E-state index is 0.809. The summed E-state index contributed by atoms with van der Waals surface area (Å²) in [5, 5.41) is 4.24. The zero-order valence-corrected chi connectivity index (χ0v) is 13.1. The Kier molecular flexibility index (Phi) is 4.52. The number of hydrogen-bond acceptors (Lipinski definition) is 2. The van der Waals surface area contributed by atoms with Crippen molar-refractivity contribution in [1.29, 1.82) is 0 Å². The first-order valence-electron chi connectivity index (χ1n) is 7.89. The molecule has 1 N–H and O–H groups in total. The standard InChI is InChI=1S/C17H25ClN2/c1-20(12-15-11-13-6-7-14(15)10-13)9-8-19-17-5-3-2-4-16(17)18/h2-5,13-15,19H,6-12H2,1H3. The summed E-state index contributed by atoms with van der Waals surface area (Å²) in [6.07, 6.45) is 5.98. The highest BCUT2D eigenvalue weighted by Crippen LogP contribution is 2.48. The minimum Gasteiger partial charge on any atom is -0.383 e. The number of anilines is 1. The van der Waals surface area contributed by atoms with Gasteiger partial charge in [-0.25, -0.2) is 0 Å². The molecule has 20 heavy (non-hydrogen) atoms. The molecule has 0 aliphatic heterocycles. The van der Waals surface area contributed by atoms with Crippen LogP contribution in [-0.4, -0.2) is 31.6 Å². The first kappa shape index (κ1) is 14.2. The Balaban J connectivity index is 1.39. The molecule has 1 aromatic rings. The van der Waals surface area contributed by atoms with Gasteiger partial charge >= 0.3 is 0 Å². The van der Waals surface area contributed by atoms with Gasteiger partial charge in [0.25, 0.3) is 0 Å². The second kappa shape index (κ2) is 6.36. The van der Waals surface area contributed by atoms with Crippen molar-refractivity contribution in [1.82, 2.24) is 4.90 Å². The molecular formula is C17H25ClN2. The van der Waals surface area contributed by atoms with E-state index >= 15 is 0 Å². The Morgan fingerprint density at radius 1 is 1.25 bits per heavy atom. The fourth-order valence-corrected chi connectivity index (χ4v) is 4.28. The first-order chi connectivity index (χ1) is 9.72. The van der Waals surface area contributed by atoms with Crippen molar-refractivity contribution in [2.75, 3.05) is 32.0 Å². The number of rotatable bonds is 6. The van der Waals surface area contributed by atoms with E-state index < -0.39 is 0 Å². The smallest absolute Gasteiger partial charge is 0.0637 e. The van der Waals surface area contributed by atoms with Crippen LogP contribution >= 0.6 is 11.6 Å². The predicted octanol–water partition coefficient (Wildman–Crippen LogP) is 4.12. The zero-order chi connectivity index (χ0) is 13.9. The van der Waals surface area contributed by atoms with E-state index in [-0.39, 0.29) is 0 Å². The maximum absolute atomic E-state index is 6.14. The van der Waals surface area contributed by atoms with Gasteiger partial charge in [0.15, 0.2) is 0 Å². The summed E-state index contributed by atoms with van der Waals surface area (Å²) in [4.78, 5) is 2.48. The number of halogens is 1. The van der Waals surface area contributed by atoms with Crippen LogP contribution < -0.4 is 5.32 Å². The molecule has 0 amide bonds. The summed E-state index contributed by atoms with van der Waals surface area (Å²) in [5.74, 6) is 3.04. The molecule has 3 heteroatoms. The Labute approximate surface area is 127 Å². The van der Waals surface area contributed by atoms with Crippen molar-refractivity contribution in [3.8, 4) is 0 Å². The fourth-order valence-electron chi connectivity index (χ4n) is 4.08. The lowest BCUT2D eigenvalue weighted by Crippen LogP contribution is -2.32. The topological polar surface area (TPSA) is 15.3 Å². The molecule has 3 rings (SSSR count). The molecule has 3 atom stereocenters. The Morgan fingerprint density at radius 2 is 2.10 bits per heavy atom. The second-order valence-corrected chi connectivity index (χ2v) is 7.01. The fraction of sp³-hybridized carbons (Fsp3) is 0.647. The van der Waals surface area contributed by atoms with Crippen LogP contribution in [0.4, 0.5) is 5.69 Å². The third kappa shape index (κ3) is 3.29. The van der Waals surface area contributed by atoms with Crippen molar-refractivity contribution in [3.63, 3.8) is 0 Å². The van der Waals surface area contributed by atoms with Gasteiger partial charge in [0, 0.05) is 19.6 Å². The largest absolute Gasteiger partial charge is 0.383 e. The molecule has 0 spiro atoms. The van der Waals surface area contributed by atoms with Gasteiger partial charge in [0.1, 0.15) is 0 Å². The number of fused-ring (bicyclic) bond motifs is 2. The minimum atomic E-state index is 0.809. The van der Waals surface area contributed by atoms with Gasteiger partial charge in [-0.3, -0.25) is 0 Å². The highest BCUT2D eigenvalue weighted by molar-refractivity contribution is 6.33. The summed E-state index contributed by atoms with van der Waals surface area (Å²) in [5.41, 5.74) is 1.04. The molecule has 2 fully saturated rings. The molecule has 2 nitrogen and oxygen atoms in total. The average molecular weight is 293 g/mol. The van der Waals surface area contributed by atoms with E-state index in [1.165, 1.54) is 32.2 Å². The van der Waals surface area contributed by atoms with E-state index in [0.29, 0.717) is 0 Å². The van der Waals surface area contributed by atoms with Crippen LogP contribution in [0.15, 0.2) is 24.3 Å². The summed E-state index contributed by atoms with van der Waals surface area (Å²) < 4.78 is 0. The van der Waals surface area contributed by atoms with Gasteiger partial charge < -0.3 is 10.2 Å². The SMILES string of the molecule is CN(CCNc1ccccc1Cl)CC1CC2CCC1C2. The molecule has 2 bridgehead atoms.